The minimum atomic E-state index is -0.122. The molecule has 4 heteroatoms. The van der Waals surface area contributed by atoms with Crippen LogP contribution in [0.15, 0.2) is 97.6 Å². The highest BCUT2D eigenvalue weighted by molar-refractivity contribution is 6.11. The number of hydrogen-bond acceptors (Lipinski definition) is 4. The van der Waals surface area contributed by atoms with Crippen molar-refractivity contribution < 1.29 is 9.59 Å². The van der Waals surface area contributed by atoms with Crippen molar-refractivity contribution in [3.63, 3.8) is 0 Å². The van der Waals surface area contributed by atoms with E-state index < -0.39 is 0 Å². The van der Waals surface area contributed by atoms with Gasteiger partial charge in [-0.2, -0.15) is 0 Å². The molecule has 2 heterocycles. The molecule has 4 rings (SSSR count). The topological polar surface area (TPSA) is 59.9 Å². The lowest BCUT2D eigenvalue weighted by atomic mass is 9.97. The van der Waals surface area contributed by atoms with E-state index in [0.717, 1.165) is 0 Å². The molecule has 30 heavy (non-hydrogen) atoms. The Hall–Kier alpha value is -4.36. The normalized spacial score (nSPS) is 10.0. The highest BCUT2D eigenvalue weighted by Gasteiger charge is 2.14. The largest absolute Gasteiger partial charge is 0.289 e. The minimum absolute atomic E-state index is 0.122. The van der Waals surface area contributed by atoms with Gasteiger partial charge in [-0.05, 0) is 48.5 Å². The number of pyridine rings is 2. The third kappa shape index (κ3) is 4.06. The maximum Gasteiger partial charge on any atom is 0.194 e. The van der Waals surface area contributed by atoms with Crippen LogP contribution < -0.4 is 0 Å². The monoisotopic (exact) mass is 388 g/mol. The van der Waals surface area contributed by atoms with Crippen LogP contribution in [0, 0.1) is 11.8 Å². The van der Waals surface area contributed by atoms with Gasteiger partial charge in [-0.25, -0.2) is 0 Å². The number of rotatable bonds is 4. The third-order valence-electron chi connectivity index (χ3n) is 4.56. The molecule has 0 aliphatic carbocycles. The van der Waals surface area contributed by atoms with Gasteiger partial charge in [0.1, 0.15) is 0 Å². The van der Waals surface area contributed by atoms with Gasteiger partial charge in [0.25, 0.3) is 0 Å². The minimum Gasteiger partial charge on any atom is -0.289 e. The molecule has 0 saturated heterocycles. The van der Waals surface area contributed by atoms with Gasteiger partial charge in [-0.15, -0.1) is 0 Å². The molecule has 2 aromatic heterocycles. The molecule has 4 nitrogen and oxygen atoms in total. The summed E-state index contributed by atoms with van der Waals surface area (Å²) in [6.45, 7) is 0. The van der Waals surface area contributed by atoms with E-state index in [1.807, 2.05) is 12.1 Å². The number of benzene rings is 2. The number of carbonyl (C=O) groups is 2. The fourth-order valence-corrected chi connectivity index (χ4v) is 3.03. The van der Waals surface area contributed by atoms with Gasteiger partial charge in [0.15, 0.2) is 11.6 Å². The van der Waals surface area contributed by atoms with Crippen LogP contribution in [0.1, 0.15) is 43.0 Å². The molecule has 0 amide bonds. The van der Waals surface area contributed by atoms with Crippen molar-refractivity contribution in [1.82, 2.24) is 9.97 Å². The first kappa shape index (κ1) is 19.0. The van der Waals surface area contributed by atoms with Gasteiger partial charge in [0.2, 0.25) is 0 Å². The fraction of sp³-hybridized carbons (Fsp3) is 0. The van der Waals surface area contributed by atoms with Crippen molar-refractivity contribution in [2.75, 3.05) is 0 Å². The lowest BCUT2D eigenvalue weighted by molar-refractivity contribution is 0.103. The van der Waals surface area contributed by atoms with Crippen LogP contribution >= 0.6 is 0 Å². The van der Waals surface area contributed by atoms with Crippen LogP contribution in [0.3, 0.4) is 0 Å². The van der Waals surface area contributed by atoms with Crippen LogP contribution in [0.4, 0.5) is 0 Å². The standard InChI is InChI=1S/C26H16N2O2/c29-25(21-11-15-27-16-12-21)23-7-3-1-5-19(23)9-10-20-6-2-4-8-24(20)26(30)22-13-17-28-18-14-22/h1-8,11-18H. The molecule has 0 spiro atoms. The first-order valence-electron chi connectivity index (χ1n) is 9.33. The van der Waals surface area contributed by atoms with Crippen molar-refractivity contribution in [2.45, 2.75) is 0 Å². The van der Waals surface area contributed by atoms with Crippen LogP contribution in [0.25, 0.3) is 0 Å². The van der Waals surface area contributed by atoms with Crippen molar-refractivity contribution >= 4 is 11.6 Å². The summed E-state index contributed by atoms with van der Waals surface area (Å²) >= 11 is 0. The second-order valence-electron chi connectivity index (χ2n) is 6.47. The molecule has 0 aliphatic heterocycles. The number of nitrogens with zero attached hydrogens (tertiary/aromatic N) is 2. The lowest BCUT2D eigenvalue weighted by Crippen LogP contribution is -2.05. The summed E-state index contributed by atoms with van der Waals surface area (Å²) in [4.78, 5) is 33.7. The Balaban J connectivity index is 1.71. The smallest absolute Gasteiger partial charge is 0.194 e. The molecule has 0 bridgehead atoms. The molecule has 0 atom stereocenters. The third-order valence-corrected chi connectivity index (χ3v) is 4.56. The van der Waals surface area contributed by atoms with Crippen LogP contribution in [-0.4, -0.2) is 21.5 Å². The zero-order valence-corrected chi connectivity index (χ0v) is 15.9. The summed E-state index contributed by atoms with van der Waals surface area (Å²) in [5, 5.41) is 0. The molecule has 0 aliphatic rings. The predicted octanol–water partition coefficient (Wildman–Crippen LogP) is 4.34. The second kappa shape index (κ2) is 8.76. The van der Waals surface area contributed by atoms with E-state index in [2.05, 4.69) is 21.8 Å². The summed E-state index contributed by atoms with van der Waals surface area (Å²) in [7, 11) is 0. The zero-order chi connectivity index (χ0) is 20.8. The second-order valence-corrected chi connectivity index (χ2v) is 6.47. The Labute approximate surface area is 174 Å². The van der Waals surface area contributed by atoms with Crippen molar-refractivity contribution in [3.05, 3.63) is 131 Å². The number of carbonyl (C=O) groups excluding carboxylic acids is 2. The van der Waals surface area contributed by atoms with Crippen LogP contribution in [-0.2, 0) is 0 Å². The maximum atomic E-state index is 12.9. The van der Waals surface area contributed by atoms with Crippen molar-refractivity contribution in [3.8, 4) is 11.8 Å². The molecular weight excluding hydrogens is 372 g/mol. The Bertz CT molecular complexity index is 1170. The van der Waals surface area contributed by atoms with E-state index in [9.17, 15) is 9.59 Å². The van der Waals surface area contributed by atoms with E-state index in [0.29, 0.717) is 33.4 Å². The van der Waals surface area contributed by atoms with Crippen molar-refractivity contribution in [2.24, 2.45) is 0 Å². The van der Waals surface area contributed by atoms with E-state index >= 15 is 0 Å². The summed E-state index contributed by atoms with van der Waals surface area (Å²) in [6.07, 6.45) is 6.34. The molecule has 0 fully saturated rings. The maximum absolute atomic E-state index is 12.9. The molecule has 0 radical (unpaired) electrons. The van der Waals surface area contributed by atoms with Gasteiger partial charge < -0.3 is 0 Å². The average Bonchev–Trinajstić information content (AvgIpc) is 2.83. The van der Waals surface area contributed by atoms with E-state index in [4.69, 9.17) is 0 Å². The summed E-state index contributed by atoms with van der Waals surface area (Å²) < 4.78 is 0. The van der Waals surface area contributed by atoms with Crippen molar-refractivity contribution in [1.29, 1.82) is 0 Å². The van der Waals surface area contributed by atoms with Gasteiger partial charge in [-0.3, -0.25) is 19.6 Å². The Kier molecular flexibility index (Phi) is 5.54. The predicted molar refractivity (Wildman–Crippen MR) is 114 cm³/mol. The van der Waals surface area contributed by atoms with E-state index in [1.165, 1.54) is 0 Å². The van der Waals surface area contributed by atoms with Crippen LogP contribution in [0.5, 0.6) is 0 Å². The highest BCUT2D eigenvalue weighted by atomic mass is 16.1. The van der Waals surface area contributed by atoms with Gasteiger partial charge in [-0.1, -0.05) is 36.1 Å². The van der Waals surface area contributed by atoms with Gasteiger partial charge >= 0.3 is 0 Å². The first-order chi connectivity index (χ1) is 14.7. The Morgan fingerprint density at radius 2 is 0.900 bits per heavy atom. The molecule has 0 saturated carbocycles. The van der Waals surface area contributed by atoms with Crippen LogP contribution in [0.2, 0.25) is 0 Å². The molecule has 4 aromatic rings. The van der Waals surface area contributed by atoms with E-state index in [1.54, 1.807) is 85.5 Å². The molecule has 0 N–H and O–H groups in total. The quantitative estimate of drug-likeness (QED) is 0.385. The summed E-state index contributed by atoms with van der Waals surface area (Å²) in [5.41, 5.74) is 3.32. The van der Waals surface area contributed by atoms with E-state index in [-0.39, 0.29) is 11.6 Å². The lowest BCUT2D eigenvalue weighted by Gasteiger charge is -2.05. The number of aromatic nitrogens is 2. The summed E-state index contributed by atoms with van der Waals surface area (Å²) in [5.74, 6) is 5.91. The summed E-state index contributed by atoms with van der Waals surface area (Å²) in [6, 6.07) is 21.1. The Morgan fingerprint density at radius 1 is 0.533 bits per heavy atom. The van der Waals surface area contributed by atoms with Gasteiger partial charge in [0, 0.05) is 58.2 Å². The fourth-order valence-electron chi connectivity index (χ4n) is 3.03. The highest BCUT2D eigenvalue weighted by Crippen LogP contribution is 2.16. The first-order valence-corrected chi connectivity index (χ1v) is 9.33. The number of ketones is 2. The molecular formula is C26H16N2O2. The molecule has 2 aromatic carbocycles. The Morgan fingerprint density at radius 3 is 1.30 bits per heavy atom. The van der Waals surface area contributed by atoms with Gasteiger partial charge in [0.05, 0.1) is 0 Å². The molecule has 0 unspecified atom stereocenters. The SMILES string of the molecule is O=C(c1ccncc1)c1ccccc1C#Cc1ccccc1C(=O)c1ccncc1. The average molecular weight is 388 g/mol. The molecule has 142 valence electrons. The zero-order valence-electron chi connectivity index (χ0n) is 15.9. The number of hydrogen-bond donors (Lipinski definition) is 0.